The molecule has 2 nitrogen and oxygen atoms in total. The monoisotopic (exact) mass is 143 g/mol. The first-order valence-corrected chi connectivity index (χ1v) is 3.99. The molecule has 0 amide bonds. The van der Waals surface area contributed by atoms with Crippen LogP contribution in [0, 0.1) is 5.92 Å². The molecule has 1 aliphatic heterocycles. The summed E-state index contributed by atoms with van der Waals surface area (Å²) in [6.45, 7) is 5.30. The maximum absolute atomic E-state index is 9.44. The number of likely N-dealkylation sites (tertiary alicyclic amines) is 1. The van der Waals surface area contributed by atoms with Crippen molar-refractivity contribution in [3.8, 4) is 0 Å². The minimum atomic E-state index is -0.0776. The zero-order chi connectivity index (χ0) is 7.72. The highest BCUT2D eigenvalue weighted by Gasteiger charge is 2.26. The molecule has 0 aromatic rings. The van der Waals surface area contributed by atoms with Crippen molar-refractivity contribution in [3.63, 3.8) is 0 Å². The summed E-state index contributed by atoms with van der Waals surface area (Å²) >= 11 is 0. The average Bonchev–Trinajstić information content (AvgIpc) is 1.84. The van der Waals surface area contributed by atoms with Gasteiger partial charge >= 0.3 is 0 Å². The second kappa shape index (κ2) is 2.89. The van der Waals surface area contributed by atoms with Crippen molar-refractivity contribution in [2.24, 2.45) is 5.92 Å². The van der Waals surface area contributed by atoms with Crippen molar-refractivity contribution in [1.29, 1.82) is 0 Å². The predicted molar refractivity (Wildman–Crippen MR) is 41.9 cm³/mol. The first-order valence-electron chi connectivity index (χ1n) is 3.99. The Balaban J connectivity index is 2.46. The van der Waals surface area contributed by atoms with Crippen molar-refractivity contribution in [2.45, 2.75) is 32.4 Å². The molecule has 0 radical (unpaired) electrons. The van der Waals surface area contributed by atoms with Gasteiger partial charge in [-0.3, -0.25) is 0 Å². The highest BCUT2D eigenvalue weighted by Crippen LogP contribution is 2.19. The number of rotatable bonds is 0. The van der Waals surface area contributed by atoms with E-state index in [1.807, 2.05) is 0 Å². The zero-order valence-electron chi connectivity index (χ0n) is 7.04. The normalized spacial score (nSPS) is 43.8. The summed E-state index contributed by atoms with van der Waals surface area (Å²) in [6.07, 6.45) is 0.851. The minimum Gasteiger partial charge on any atom is -0.393 e. The molecule has 1 saturated heterocycles. The van der Waals surface area contributed by atoms with Crippen LogP contribution >= 0.6 is 0 Å². The summed E-state index contributed by atoms with van der Waals surface area (Å²) in [5.74, 6) is 0.446. The van der Waals surface area contributed by atoms with Gasteiger partial charge in [0.05, 0.1) is 6.10 Å². The predicted octanol–water partition coefficient (Wildman–Crippen LogP) is 0.707. The number of aliphatic hydroxyl groups excluding tert-OH is 1. The van der Waals surface area contributed by atoms with E-state index in [4.69, 9.17) is 0 Å². The third-order valence-corrected chi connectivity index (χ3v) is 2.57. The van der Waals surface area contributed by atoms with E-state index in [0.717, 1.165) is 13.0 Å². The molecule has 0 unspecified atom stereocenters. The first kappa shape index (κ1) is 8.02. The van der Waals surface area contributed by atoms with Crippen molar-refractivity contribution in [3.05, 3.63) is 0 Å². The molecule has 60 valence electrons. The lowest BCUT2D eigenvalue weighted by atomic mass is 9.93. The maximum atomic E-state index is 9.44. The third kappa shape index (κ3) is 1.50. The van der Waals surface area contributed by atoms with Crippen LogP contribution in [0.25, 0.3) is 0 Å². The van der Waals surface area contributed by atoms with Crippen LogP contribution < -0.4 is 0 Å². The van der Waals surface area contributed by atoms with E-state index in [1.165, 1.54) is 0 Å². The minimum absolute atomic E-state index is 0.0776. The molecule has 0 aromatic carbocycles. The van der Waals surface area contributed by atoms with Crippen LogP contribution in [0.15, 0.2) is 0 Å². The lowest BCUT2D eigenvalue weighted by molar-refractivity contribution is 0.0175. The molecule has 0 aliphatic carbocycles. The summed E-state index contributed by atoms with van der Waals surface area (Å²) < 4.78 is 0. The van der Waals surface area contributed by atoms with E-state index >= 15 is 0 Å². The quantitative estimate of drug-likeness (QED) is 0.540. The lowest BCUT2D eigenvalue weighted by Gasteiger charge is -2.37. The van der Waals surface area contributed by atoms with E-state index < -0.39 is 0 Å². The number of piperidine rings is 1. The smallest absolute Gasteiger partial charge is 0.0592 e. The first-order chi connectivity index (χ1) is 4.61. The van der Waals surface area contributed by atoms with Crippen LogP contribution in [-0.2, 0) is 0 Å². The van der Waals surface area contributed by atoms with Gasteiger partial charge in [0, 0.05) is 12.6 Å². The van der Waals surface area contributed by atoms with E-state index in [1.54, 1.807) is 0 Å². The molecule has 1 heterocycles. The molecule has 1 aliphatic rings. The zero-order valence-corrected chi connectivity index (χ0v) is 7.04. The topological polar surface area (TPSA) is 23.5 Å². The summed E-state index contributed by atoms with van der Waals surface area (Å²) in [4.78, 5) is 2.30. The standard InChI is InChI=1S/C8H17NO/c1-6-5-9(3)7(2)4-8(6)10/h6-8,10H,4-5H2,1-3H3/t6-,7-,8-/m0/s1. The molecule has 1 rings (SSSR count). The van der Waals surface area contributed by atoms with Crippen molar-refractivity contribution in [2.75, 3.05) is 13.6 Å². The Kier molecular flexibility index (Phi) is 2.32. The molecular formula is C8H17NO. The Morgan fingerprint density at radius 3 is 2.50 bits per heavy atom. The van der Waals surface area contributed by atoms with Crippen molar-refractivity contribution >= 4 is 0 Å². The molecule has 1 N–H and O–H groups in total. The van der Waals surface area contributed by atoms with Gasteiger partial charge in [-0.2, -0.15) is 0 Å². The third-order valence-electron chi connectivity index (χ3n) is 2.57. The Labute approximate surface area is 62.8 Å². The van der Waals surface area contributed by atoms with Gasteiger partial charge in [-0.1, -0.05) is 6.92 Å². The summed E-state index contributed by atoms with van der Waals surface area (Å²) in [7, 11) is 2.12. The van der Waals surface area contributed by atoms with Gasteiger partial charge < -0.3 is 10.0 Å². The van der Waals surface area contributed by atoms with E-state index in [0.29, 0.717) is 12.0 Å². The summed E-state index contributed by atoms with van der Waals surface area (Å²) in [5.41, 5.74) is 0. The maximum Gasteiger partial charge on any atom is 0.0592 e. The molecule has 10 heavy (non-hydrogen) atoms. The number of nitrogens with zero attached hydrogens (tertiary/aromatic N) is 1. The second-order valence-electron chi connectivity index (χ2n) is 3.57. The Morgan fingerprint density at radius 1 is 1.40 bits per heavy atom. The highest BCUT2D eigenvalue weighted by molar-refractivity contribution is 4.80. The molecule has 3 atom stereocenters. The Bertz CT molecular complexity index is 89.8. The second-order valence-corrected chi connectivity index (χ2v) is 3.57. The summed E-state index contributed by atoms with van der Waals surface area (Å²) in [6, 6.07) is 0.547. The fourth-order valence-corrected chi connectivity index (χ4v) is 1.52. The molecular weight excluding hydrogens is 126 g/mol. The Morgan fingerprint density at radius 2 is 2.00 bits per heavy atom. The lowest BCUT2D eigenvalue weighted by Crippen LogP contribution is -2.45. The van der Waals surface area contributed by atoms with Gasteiger partial charge in [0.15, 0.2) is 0 Å². The van der Waals surface area contributed by atoms with Crippen LogP contribution in [0.1, 0.15) is 20.3 Å². The fraction of sp³-hybridized carbons (Fsp3) is 1.00. The van der Waals surface area contributed by atoms with Crippen molar-refractivity contribution < 1.29 is 5.11 Å². The molecule has 0 aromatic heterocycles. The molecule has 1 fully saturated rings. The van der Waals surface area contributed by atoms with Crippen LogP contribution in [0.5, 0.6) is 0 Å². The van der Waals surface area contributed by atoms with Gasteiger partial charge in [0.2, 0.25) is 0 Å². The van der Waals surface area contributed by atoms with Crippen LogP contribution in [0.4, 0.5) is 0 Å². The molecule has 0 bridgehead atoms. The van der Waals surface area contributed by atoms with Gasteiger partial charge in [0.1, 0.15) is 0 Å². The molecule has 0 spiro atoms. The number of aliphatic hydroxyl groups is 1. The van der Waals surface area contributed by atoms with E-state index in [9.17, 15) is 5.11 Å². The van der Waals surface area contributed by atoms with Gasteiger partial charge in [-0.15, -0.1) is 0 Å². The summed E-state index contributed by atoms with van der Waals surface area (Å²) in [5, 5.41) is 9.44. The fourth-order valence-electron chi connectivity index (χ4n) is 1.52. The van der Waals surface area contributed by atoms with E-state index in [2.05, 4.69) is 25.8 Å². The number of hydrogen-bond donors (Lipinski definition) is 1. The van der Waals surface area contributed by atoms with Gasteiger partial charge in [-0.05, 0) is 26.3 Å². The highest BCUT2D eigenvalue weighted by atomic mass is 16.3. The van der Waals surface area contributed by atoms with Crippen LogP contribution in [-0.4, -0.2) is 35.7 Å². The Hall–Kier alpha value is -0.0800. The van der Waals surface area contributed by atoms with Crippen LogP contribution in [0.3, 0.4) is 0 Å². The van der Waals surface area contributed by atoms with Gasteiger partial charge in [-0.25, -0.2) is 0 Å². The largest absolute Gasteiger partial charge is 0.393 e. The van der Waals surface area contributed by atoms with Crippen molar-refractivity contribution in [1.82, 2.24) is 4.90 Å². The average molecular weight is 143 g/mol. The number of hydrogen-bond acceptors (Lipinski definition) is 2. The van der Waals surface area contributed by atoms with Gasteiger partial charge in [0.25, 0.3) is 0 Å². The SMILES string of the molecule is C[C@H]1CN(C)[C@@H](C)C[C@@H]1O. The molecule has 2 heteroatoms. The van der Waals surface area contributed by atoms with E-state index in [-0.39, 0.29) is 6.10 Å². The van der Waals surface area contributed by atoms with Crippen LogP contribution in [0.2, 0.25) is 0 Å². The molecule has 0 saturated carbocycles.